The molecule has 0 spiro atoms. The fraction of sp³-hybridized carbons (Fsp3) is 0.303. The number of likely N-dealkylation sites (N-methyl/N-ethyl adjacent to an activating group) is 1. The number of aromatic nitrogens is 1. The topological polar surface area (TPSA) is 122 Å². The van der Waals surface area contributed by atoms with Gasteiger partial charge >= 0.3 is 0 Å². The van der Waals surface area contributed by atoms with Gasteiger partial charge in [0.1, 0.15) is 0 Å². The van der Waals surface area contributed by atoms with Crippen LogP contribution in [0.25, 0.3) is 10.9 Å². The summed E-state index contributed by atoms with van der Waals surface area (Å²) in [6, 6.07) is 20.8. The second-order valence-electron chi connectivity index (χ2n) is 10.8. The summed E-state index contributed by atoms with van der Waals surface area (Å²) in [5.74, 6) is -0.259. The average molecular weight is 583 g/mol. The highest BCUT2D eigenvalue weighted by Crippen LogP contribution is 2.33. The molecule has 10 heteroatoms. The number of benzene rings is 3. The van der Waals surface area contributed by atoms with Gasteiger partial charge in [0, 0.05) is 61.8 Å². The number of fused-ring (bicyclic) bond motifs is 1. The van der Waals surface area contributed by atoms with Gasteiger partial charge in [-0.15, -0.1) is 0 Å². The summed E-state index contributed by atoms with van der Waals surface area (Å²) < 4.78 is 0. The van der Waals surface area contributed by atoms with E-state index in [0.29, 0.717) is 42.2 Å². The molecule has 10 nitrogen and oxygen atoms in total. The number of aliphatic imine (C=N–C) groups is 1. The van der Waals surface area contributed by atoms with Crippen LogP contribution in [0.2, 0.25) is 0 Å². The summed E-state index contributed by atoms with van der Waals surface area (Å²) in [5, 5.41) is 14.5. The highest BCUT2D eigenvalue weighted by molar-refractivity contribution is 6.22. The van der Waals surface area contributed by atoms with E-state index in [1.807, 2.05) is 50.2 Å². The molecule has 1 fully saturated rings. The van der Waals surface area contributed by atoms with E-state index in [9.17, 15) is 14.7 Å². The lowest BCUT2D eigenvalue weighted by Gasteiger charge is -2.33. The predicted molar refractivity (Wildman–Crippen MR) is 168 cm³/mol. The molecular weight excluding hydrogens is 544 g/mol. The lowest BCUT2D eigenvalue weighted by Crippen LogP contribution is -2.50. The van der Waals surface area contributed by atoms with Crippen LogP contribution in [0.1, 0.15) is 32.6 Å². The normalized spacial score (nSPS) is 14.6. The van der Waals surface area contributed by atoms with Crippen molar-refractivity contribution in [1.29, 1.82) is 0 Å². The maximum Gasteiger partial charge on any atom is 0.274 e. The van der Waals surface area contributed by atoms with E-state index in [1.165, 1.54) is 0 Å². The maximum atomic E-state index is 12.7. The van der Waals surface area contributed by atoms with E-state index in [0.717, 1.165) is 53.8 Å². The third kappa shape index (κ3) is 7.29. The van der Waals surface area contributed by atoms with Crippen molar-refractivity contribution in [2.45, 2.75) is 13.8 Å². The molecule has 0 atom stereocenters. The molecule has 5 rings (SSSR count). The number of carbonyl (C=O) groups excluding carboxylic acids is 2. The number of hydrogen-bond donors (Lipinski definition) is 4. The van der Waals surface area contributed by atoms with Crippen molar-refractivity contribution in [3.05, 3.63) is 94.5 Å². The Labute approximate surface area is 251 Å². The van der Waals surface area contributed by atoms with Crippen LogP contribution in [0.4, 0.5) is 5.69 Å². The van der Waals surface area contributed by atoms with Crippen molar-refractivity contribution < 1.29 is 19.5 Å². The molecule has 1 aromatic heterocycles. The molecule has 43 heavy (non-hydrogen) atoms. The van der Waals surface area contributed by atoms with Gasteiger partial charge in [-0.05, 0) is 61.4 Å². The van der Waals surface area contributed by atoms with Gasteiger partial charge in [0.05, 0.1) is 30.1 Å². The molecule has 224 valence electrons. The quantitative estimate of drug-likeness (QED) is 0.129. The van der Waals surface area contributed by atoms with E-state index in [4.69, 9.17) is 9.83 Å². The van der Waals surface area contributed by atoms with Crippen LogP contribution in [0.3, 0.4) is 0 Å². The van der Waals surface area contributed by atoms with Gasteiger partial charge in [0.25, 0.3) is 5.91 Å². The molecule has 2 amide bonds. The number of hydroxylamine groups is 1. The van der Waals surface area contributed by atoms with Crippen LogP contribution < -0.4 is 10.8 Å². The maximum absolute atomic E-state index is 12.7. The van der Waals surface area contributed by atoms with Gasteiger partial charge in [-0.3, -0.25) is 24.2 Å². The zero-order valence-corrected chi connectivity index (χ0v) is 24.8. The Kier molecular flexibility index (Phi) is 9.51. The fourth-order valence-electron chi connectivity index (χ4n) is 5.16. The Morgan fingerprint density at radius 3 is 2.30 bits per heavy atom. The van der Waals surface area contributed by atoms with Gasteiger partial charge < -0.3 is 15.4 Å². The Morgan fingerprint density at radius 1 is 0.930 bits per heavy atom. The van der Waals surface area contributed by atoms with Gasteiger partial charge in [-0.25, -0.2) is 10.5 Å². The molecule has 3 aromatic carbocycles. The number of carbonyl (C=O) groups is 2. The van der Waals surface area contributed by atoms with Crippen LogP contribution in [0.15, 0.2) is 71.7 Å². The number of H-pyrrole nitrogens is 1. The molecule has 2 heterocycles. The molecule has 0 saturated carbocycles. The van der Waals surface area contributed by atoms with E-state index in [1.54, 1.807) is 31.3 Å². The summed E-state index contributed by atoms with van der Waals surface area (Å²) in [5.41, 5.74) is 8.84. The average Bonchev–Trinajstić information content (AvgIpc) is 3.33. The Morgan fingerprint density at radius 2 is 1.60 bits per heavy atom. The van der Waals surface area contributed by atoms with Gasteiger partial charge in [0.2, 0.25) is 5.91 Å². The first-order chi connectivity index (χ1) is 20.8. The smallest absolute Gasteiger partial charge is 0.274 e. The molecule has 1 aliphatic heterocycles. The Bertz CT molecular complexity index is 1610. The van der Waals surface area contributed by atoms with Gasteiger partial charge in [0.15, 0.2) is 5.88 Å². The SMILES string of the molecule is CNC(=O)CN1CCN(CCONC(=O)c2ccc(N=C(c3ccccc3)c3c(O)[nH]c4cc(C)c(C)cc34)cc2)CC1. The number of hydrogen-bond acceptors (Lipinski definition) is 7. The summed E-state index contributed by atoms with van der Waals surface area (Å²) in [6.07, 6.45) is 0. The third-order valence-electron chi connectivity index (χ3n) is 7.83. The third-order valence-corrected chi connectivity index (χ3v) is 7.83. The van der Waals surface area contributed by atoms with Crippen molar-refractivity contribution >= 4 is 34.1 Å². The first-order valence-corrected chi connectivity index (χ1v) is 14.5. The van der Waals surface area contributed by atoms with Crippen molar-refractivity contribution in [2.75, 3.05) is 52.9 Å². The van der Waals surface area contributed by atoms with E-state index < -0.39 is 0 Å². The molecule has 0 radical (unpaired) electrons. The lowest BCUT2D eigenvalue weighted by atomic mass is 9.98. The molecule has 1 saturated heterocycles. The second-order valence-corrected chi connectivity index (χ2v) is 10.8. The number of nitrogens with one attached hydrogen (secondary N) is 3. The molecule has 0 aliphatic carbocycles. The predicted octanol–water partition coefficient (Wildman–Crippen LogP) is 3.68. The second kappa shape index (κ2) is 13.6. The number of nitrogens with zero attached hydrogens (tertiary/aromatic N) is 3. The fourth-order valence-corrected chi connectivity index (χ4v) is 5.16. The van der Waals surface area contributed by atoms with Crippen molar-refractivity contribution in [2.24, 2.45) is 4.99 Å². The van der Waals surface area contributed by atoms with Crippen molar-refractivity contribution in [3.63, 3.8) is 0 Å². The van der Waals surface area contributed by atoms with Crippen molar-refractivity contribution in [1.82, 2.24) is 25.6 Å². The minimum atomic E-state index is -0.339. The first kappa shape index (κ1) is 30.0. The number of aromatic hydroxyl groups is 1. The van der Waals surface area contributed by atoms with E-state index >= 15 is 0 Å². The standard InChI is InChI=1S/C33H38N6O4/c1-22-19-27-28(20-23(22)2)36-33(42)30(27)31(24-7-5-4-6-8-24)35-26-11-9-25(10-12-26)32(41)37-43-18-17-38-13-15-39(16-14-38)21-29(40)34-3/h4-12,19-20,36,42H,13-18,21H2,1-3H3,(H,34,40)(H,37,41). The number of amides is 2. The summed E-state index contributed by atoms with van der Waals surface area (Å²) in [4.78, 5) is 42.1. The first-order valence-electron chi connectivity index (χ1n) is 14.5. The number of aryl methyl sites for hydroxylation is 2. The molecule has 0 unspecified atom stereocenters. The summed E-state index contributed by atoms with van der Waals surface area (Å²) in [7, 11) is 1.65. The van der Waals surface area contributed by atoms with Crippen LogP contribution >= 0.6 is 0 Å². The summed E-state index contributed by atoms with van der Waals surface area (Å²) in [6.45, 7) is 8.88. The van der Waals surface area contributed by atoms with Gasteiger partial charge in [-0.2, -0.15) is 0 Å². The van der Waals surface area contributed by atoms with Crippen LogP contribution in [0, 0.1) is 13.8 Å². The highest BCUT2D eigenvalue weighted by Gasteiger charge is 2.20. The molecule has 4 N–H and O–H groups in total. The van der Waals surface area contributed by atoms with Crippen molar-refractivity contribution in [3.8, 4) is 5.88 Å². The minimum absolute atomic E-state index is 0.0229. The summed E-state index contributed by atoms with van der Waals surface area (Å²) >= 11 is 0. The van der Waals surface area contributed by atoms with E-state index in [2.05, 4.69) is 31.6 Å². The zero-order chi connectivity index (χ0) is 30.3. The number of aromatic amines is 1. The zero-order valence-electron chi connectivity index (χ0n) is 24.8. The molecule has 4 aromatic rings. The van der Waals surface area contributed by atoms with Crippen LogP contribution in [0.5, 0.6) is 5.88 Å². The lowest BCUT2D eigenvalue weighted by molar-refractivity contribution is -0.122. The number of rotatable bonds is 10. The van der Waals surface area contributed by atoms with Gasteiger partial charge in [-0.1, -0.05) is 30.3 Å². The Hall–Kier alpha value is -4.51. The Balaban J connectivity index is 1.23. The van der Waals surface area contributed by atoms with E-state index in [-0.39, 0.29) is 17.7 Å². The molecule has 1 aliphatic rings. The highest BCUT2D eigenvalue weighted by atomic mass is 16.7. The molecule has 0 bridgehead atoms. The monoisotopic (exact) mass is 582 g/mol. The van der Waals surface area contributed by atoms with Crippen LogP contribution in [-0.4, -0.2) is 90.3 Å². The number of piperazine rings is 1. The van der Waals surface area contributed by atoms with Crippen LogP contribution in [-0.2, 0) is 9.63 Å². The largest absolute Gasteiger partial charge is 0.494 e. The molecular formula is C33H38N6O4. The minimum Gasteiger partial charge on any atom is -0.494 e.